The molecule has 0 heterocycles. The lowest BCUT2D eigenvalue weighted by Crippen LogP contribution is -1.97. The molecular weight excluding hydrogens is 227 g/mol. The molecule has 0 saturated carbocycles. The van der Waals surface area contributed by atoms with E-state index in [1.807, 2.05) is 6.92 Å². The standard InChI is InChI=1S/C13H10F3N/c1-7-2-3-8(11(17)6-7)9-4-5-10(14)13(16)12(9)15/h2-6H,17H2,1H3. The van der Waals surface area contributed by atoms with Gasteiger partial charge in [-0.05, 0) is 30.7 Å². The molecule has 17 heavy (non-hydrogen) atoms. The van der Waals surface area contributed by atoms with Crippen LogP contribution in [0.25, 0.3) is 11.1 Å². The fourth-order valence-corrected chi connectivity index (χ4v) is 1.66. The molecule has 0 radical (unpaired) electrons. The van der Waals surface area contributed by atoms with Crippen molar-refractivity contribution in [2.45, 2.75) is 6.92 Å². The number of rotatable bonds is 1. The zero-order chi connectivity index (χ0) is 12.6. The molecule has 4 heteroatoms. The van der Waals surface area contributed by atoms with Gasteiger partial charge in [0.25, 0.3) is 0 Å². The van der Waals surface area contributed by atoms with E-state index < -0.39 is 17.5 Å². The maximum Gasteiger partial charge on any atom is 0.195 e. The van der Waals surface area contributed by atoms with Gasteiger partial charge in [0.1, 0.15) is 0 Å². The van der Waals surface area contributed by atoms with Crippen LogP contribution in [0, 0.1) is 24.4 Å². The summed E-state index contributed by atoms with van der Waals surface area (Å²) < 4.78 is 39.4. The molecule has 2 rings (SSSR count). The van der Waals surface area contributed by atoms with E-state index in [9.17, 15) is 13.2 Å². The molecule has 0 aliphatic rings. The van der Waals surface area contributed by atoms with Crippen LogP contribution in [0.2, 0.25) is 0 Å². The van der Waals surface area contributed by atoms with Gasteiger partial charge in [0.15, 0.2) is 17.5 Å². The molecule has 0 spiro atoms. The first kappa shape index (κ1) is 11.5. The number of halogens is 3. The second kappa shape index (κ2) is 4.13. The molecule has 0 atom stereocenters. The summed E-state index contributed by atoms with van der Waals surface area (Å²) in [6.45, 7) is 1.84. The highest BCUT2D eigenvalue weighted by molar-refractivity contribution is 5.77. The molecule has 2 aromatic rings. The Kier molecular flexibility index (Phi) is 2.79. The monoisotopic (exact) mass is 237 g/mol. The molecule has 0 aromatic heterocycles. The Hall–Kier alpha value is -1.97. The number of benzene rings is 2. The van der Waals surface area contributed by atoms with Crippen molar-refractivity contribution in [1.29, 1.82) is 0 Å². The van der Waals surface area contributed by atoms with Crippen molar-refractivity contribution in [1.82, 2.24) is 0 Å². The minimum Gasteiger partial charge on any atom is -0.398 e. The average Bonchev–Trinajstić information content (AvgIpc) is 2.28. The zero-order valence-electron chi connectivity index (χ0n) is 9.10. The van der Waals surface area contributed by atoms with Gasteiger partial charge in [0, 0.05) is 16.8 Å². The lowest BCUT2D eigenvalue weighted by atomic mass is 10.0. The molecule has 88 valence electrons. The third kappa shape index (κ3) is 1.98. The average molecular weight is 237 g/mol. The van der Waals surface area contributed by atoms with E-state index in [2.05, 4.69) is 0 Å². The fourth-order valence-electron chi connectivity index (χ4n) is 1.66. The Labute approximate surface area is 96.7 Å². The molecule has 2 aromatic carbocycles. The first-order chi connectivity index (χ1) is 8.00. The summed E-state index contributed by atoms with van der Waals surface area (Å²) in [4.78, 5) is 0. The van der Waals surface area contributed by atoms with E-state index in [0.717, 1.165) is 11.6 Å². The first-order valence-corrected chi connectivity index (χ1v) is 5.00. The van der Waals surface area contributed by atoms with Crippen molar-refractivity contribution < 1.29 is 13.2 Å². The number of nitrogens with two attached hydrogens (primary N) is 1. The van der Waals surface area contributed by atoms with Crippen LogP contribution in [0.5, 0.6) is 0 Å². The summed E-state index contributed by atoms with van der Waals surface area (Å²) in [5.41, 5.74) is 7.28. The lowest BCUT2D eigenvalue weighted by Gasteiger charge is -2.08. The summed E-state index contributed by atoms with van der Waals surface area (Å²) in [5.74, 6) is -3.92. The van der Waals surface area contributed by atoms with E-state index in [0.29, 0.717) is 11.3 Å². The third-order valence-corrected chi connectivity index (χ3v) is 2.53. The van der Waals surface area contributed by atoms with Gasteiger partial charge >= 0.3 is 0 Å². The fraction of sp³-hybridized carbons (Fsp3) is 0.0769. The SMILES string of the molecule is Cc1ccc(-c2ccc(F)c(F)c2F)c(N)c1. The van der Waals surface area contributed by atoms with Crippen LogP contribution in [0.3, 0.4) is 0 Å². The summed E-state index contributed by atoms with van der Waals surface area (Å²) in [7, 11) is 0. The van der Waals surface area contributed by atoms with Gasteiger partial charge in [-0.1, -0.05) is 12.1 Å². The summed E-state index contributed by atoms with van der Waals surface area (Å²) in [6.07, 6.45) is 0. The minimum atomic E-state index is -1.48. The second-order valence-corrected chi connectivity index (χ2v) is 3.81. The molecule has 0 unspecified atom stereocenters. The molecule has 1 nitrogen and oxygen atoms in total. The van der Waals surface area contributed by atoms with Gasteiger partial charge in [-0.25, -0.2) is 13.2 Å². The molecule has 0 aliphatic carbocycles. The number of hydrogen-bond donors (Lipinski definition) is 1. The second-order valence-electron chi connectivity index (χ2n) is 3.81. The lowest BCUT2D eigenvalue weighted by molar-refractivity contribution is 0.449. The van der Waals surface area contributed by atoms with Crippen molar-refractivity contribution in [3.63, 3.8) is 0 Å². The van der Waals surface area contributed by atoms with Crippen molar-refractivity contribution >= 4 is 5.69 Å². The molecule has 0 saturated heterocycles. The highest BCUT2D eigenvalue weighted by Gasteiger charge is 2.15. The van der Waals surface area contributed by atoms with Crippen molar-refractivity contribution in [2.75, 3.05) is 5.73 Å². The molecule has 0 amide bonds. The minimum absolute atomic E-state index is 0.0404. The summed E-state index contributed by atoms with van der Waals surface area (Å²) in [6, 6.07) is 7.02. The first-order valence-electron chi connectivity index (χ1n) is 5.00. The maximum absolute atomic E-state index is 13.6. The number of nitrogen functional groups attached to an aromatic ring is 1. The van der Waals surface area contributed by atoms with Crippen molar-refractivity contribution in [2.24, 2.45) is 0 Å². The van der Waals surface area contributed by atoms with Crippen LogP contribution >= 0.6 is 0 Å². The van der Waals surface area contributed by atoms with Crippen LogP contribution < -0.4 is 5.73 Å². The van der Waals surface area contributed by atoms with E-state index in [-0.39, 0.29) is 5.56 Å². The van der Waals surface area contributed by atoms with E-state index in [1.54, 1.807) is 18.2 Å². The third-order valence-electron chi connectivity index (χ3n) is 2.53. The van der Waals surface area contributed by atoms with E-state index in [4.69, 9.17) is 5.73 Å². The molecular formula is C13H10F3N. The van der Waals surface area contributed by atoms with E-state index in [1.165, 1.54) is 6.07 Å². The Balaban J connectivity index is 2.65. The van der Waals surface area contributed by atoms with Crippen LogP contribution in [0.4, 0.5) is 18.9 Å². The molecule has 0 fully saturated rings. The maximum atomic E-state index is 13.6. The van der Waals surface area contributed by atoms with Crippen LogP contribution in [0.1, 0.15) is 5.56 Å². The molecule has 0 bridgehead atoms. The smallest absolute Gasteiger partial charge is 0.195 e. The normalized spacial score (nSPS) is 10.6. The predicted molar refractivity (Wildman–Crippen MR) is 60.9 cm³/mol. The van der Waals surface area contributed by atoms with Gasteiger partial charge in [-0.2, -0.15) is 0 Å². The molecule has 0 aliphatic heterocycles. The number of hydrogen-bond acceptors (Lipinski definition) is 1. The Bertz CT molecular complexity index is 579. The number of anilines is 1. The highest BCUT2D eigenvalue weighted by atomic mass is 19.2. The summed E-state index contributed by atoms with van der Waals surface area (Å²) in [5, 5.41) is 0. The Morgan fingerprint density at radius 3 is 2.18 bits per heavy atom. The zero-order valence-corrected chi connectivity index (χ0v) is 9.10. The largest absolute Gasteiger partial charge is 0.398 e. The number of aryl methyl sites for hydroxylation is 1. The van der Waals surface area contributed by atoms with E-state index >= 15 is 0 Å². The Morgan fingerprint density at radius 2 is 1.53 bits per heavy atom. The van der Waals surface area contributed by atoms with Gasteiger partial charge < -0.3 is 5.73 Å². The van der Waals surface area contributed by atoms with Crippen LogP contribution in [0.15, 0.2) is 30.3 Å². The van der Waals surface area contributed by atoms with Crippen LogP contribution in [-0.2, 0) is 0 Å². The van der Waals surface area contributed by atoms with Crippen molar-refractivity contribution in [3.8, 4) is 11.1 Å². The van der Waals surface area contributed by atoms with Crippen molar-refractivity contribution in [3.05, 3.63) is 53.3 Å². The van der Waals surface area contributed by atoms with Gasteiger partial charge in [-0.15, -0.1) is 0 Å². The molecule has 2 N–H and O–H groups in total. The van der Waals surface area contributed by atoms with Gasteiger partial charge in [-0.3, -0.25) is 0 Å². The highest BCUT2D eigenvalue weighted by Crippen LogP contribution is 2.30. The quantitative estimate of drug-likeness (QED) is 0.594. The van der Waals surface area contributed by atoms with Gasteiger partial charge in [0.05, 0.1) is 0 Å². The topological polar surface area (TPSA) is 26.0 Å². The Morgan fingerprint density at radius 1 is 0.882 bits per heavy atom. The summed E-state index contributed by atoms with van der Waals surface area (Å²) >= 11 is 0. The predicted octanol–water partition coefficient (Wildman–Crippen LogP) is 3.66. The van der Waals surface area contributed by atoms with Crippen LogP contribution in [-0.4, -0.2) is 0 Å². The van der Waals surface area contributed by atoms with Gasteiger partial charge in [0.2, 0.25) is 0 Å².